The van der Waals surface area contributed by atoms with E-state index in [0.29, 0.717) is 37.0 Å². The highest BCUT2D eigenvalue weighted by atomic mass is 19.1. The van der Waals surface area contributed by atoms with Crippen molar-refractivity contribution in [3.05, 3.63) is 51.9 Å². The number of para-hydroxylation sites is 2. The maximum absolute atomic E-state index is 15.4. The third kappa shape index (κ3) is 3.95. The minimum Gasteiger partial charge on any atom is -0.352 e. The number of halogens is 1. The van der Waals surface area contributed by atoms with Crippen LogP contribution in [0.3, 0.4) is 0 Å². The number of aryl methyl sites for hydroxylation is 1. The quantitative estimate of drug-likeness (QED) is 0.432. The molecule has 0 aliphatic carbocycles. The lowest BCUT2D eigenvalue weighted by Gasteiger charge is -2.28. The summed E-state index contributed by atoms with van der Waals surface area (Å²) in [5.74, 6) is -0.766. The number of anilines is 1. The molecule has 37 heavy (non-hydrogen) atoms. The molecule has 2 fully saturated rings. The fourth-order valence-corrected chi connectivity index (χ4v) is 5.94. The SMILES string of the molecule is CN1CCCC1CCNC(=O)c1c(=O)c2cc(F)c(N3CCNCC3)nc2n2c3ccccc3n(C)c12. The van der Waals surface area contributed by atoms with E-state index in [-0.39, 0.29) is 16.8 Å². The maximum atomic E-state index is 15.4. The molecule has 0 spiro atoms. The summed E-state index contributed by atoms with van der Waals surface area (Å²) in [5, 5.41) is 6.34. The molecular weight excluding hydrogens is 473 g/mol. The van der Waals surface area contributed by atoms with Gasteiger partial charge in [0, 0.05) is 45.8 Å². The van der Waals surface area contributed by atoms with Gasteiger partial charge < -0.3 is 25.0 Å². The van der Waals surface area contributed by atoms with Crippen molar-refractivity contribution in [2.45, 2.75) is 25.3 Å². The van der Waals surface area contributed by atoms with E-state index >= 15 is 4.39 Å². The fourth-order valence-electron chi connectivity index (χ4n) is 5.94. The van der Waals surface area contributed by atoms with Crippen LogP contribution < -0.4 is 21.0 Å². The molecule has 6 rings (SSSR count). The second kappa shape index (κ2) is 9.42. The normalized spacial score (nSPS) is 18.9. The molecule has 1 unspecified atom stereocenters. The lowest BCUT2D eigenvalue weighted by molar-refractivity contribution is 0.0950. The number of hydrogen-bond acceptors (Lipinski definition) is 6. The Morgan fingerprint density at radius 1 is 1.16 bits per heavy atom. The first-order valence-corrected chi connectivity index (χ1v) is 13.0. The van der Waals surface area contributed by atoms with Crippen molar-refractivity contribution in [2.75, 3.05) is 51.2 Å². The molecule has 1 aromatic carbocycles. The van der Waals surface area contributed by atoms with Crippen LogP contribution >= 0.6 is 0 Å². The van der Waals surface area contributed by atoms with Gasteiger partial charge in [-0.3, -0.25) is 14.0 Å². The van der Waals surface area contributed by atoms with Gasteiger partial charge in [-0.25, -0.2) is 9.37 Å². The summed E-state index contributed by atoms with van der Waals surface area (Å²) in [4.78, 5) is 36.2. The van der Waals surface area contributed by atoms with Gasteiger partial charge in [-0.15, -0.1) is 0 Å². The van der Waals surface area contributed by atoms with E-state index in [1.807, 2.05) is 45.2 Å². The molecule has 2 saturated heterocycles. The number of rotatable bonds is 5. The van der Waals surface area contributed by atoms with Gasteiger partial charge in [-0.2, -0.15) is 0 Å². The standard InChI is InChI=1S/C27H32FN7O2/c1-32-13-5-6-17(32)9-10-30-26(37)22-23(36)18-16-19(28)25(34-14-11-29-12-15-34)31-24(18)35-21-8-4-3-7-20(21)33(2)27(22)35/h3-4,7-8,16-17,29H,5-6,9-15H2,1-2H3,(H,30,37). The Bertz CT molecular complexity index is 1570. The molecule has 9 nitrogen and oxygen atoms in total. The number of benzene rings is 1. The Morgan fingerprint density at radius 3 is 2.65 bits per heavy atom. The number of nitrogens with one attached hydrogen (secondary N) is 2. The molecule has 1 atom stereocenters. The number of fused-ring (bicyclic) bond motifs is 5. The van der Waals surface area contributed by atoms with Crippen LogP contribution in [0.2, 0.25) is 0 Å². The first-order valence-electron chi connectivity index (χ1n) is 13.0. The first-order chi connectivity index (χ1) is 18.0. The number of carbonyl (C=O) groups excluding carboxylic acids is 1. The summed E-state index contributed by atoms with van der Waals surface area (Å²) in [6, 6.07) is 9.37. The molecule has 1 amide bonds. The van der Waals surface area contributed by atoms with Gasteiger partial charge in [0.05, 0.1) is 16.4 Å². The molecule has 4 aromatic rings. The molecule has 0 saturated carbocycles. The summed E-state index contributed by atoms with van der Waals surface area (Å²) in [5.41, 5.74) is 1.98. The largest absolute Gasteiger partial charge is 0.352 e. The number of carbonyl (C=O) groups is 1. The van der Waals surface area contributed by atoms with Gasteiger partial charge in [0.15, 0.2) is 17.3 Å². The Morgan fingerprint density at radius 2 is 1.92 bits per heavy atom. The molecule has 10 heteroatoms. The third-order valence-electron chi connectivity index (χ3n) is 7.94. The molecule has 2 N–H and O–H groups in total. The van der Waals surface area contributed by atoms with Crippen LogP contribution in [0.5, 0.6) is 0 Å². The predicted octanol–water partition coefficient (Wildman–Crippen LogP) is 2.10. The van der Waals surface area contributed by atoms with Gasteiger partial charge in [0.1, 0.15) is 11.2 Å². The van der Waals surface area contributed by atoms with Gasteiger partial charge in [0.2, 0.25) is 5.43 Å². The van der Waals surface area contributed by atoms with E-state index in [4.69, 9.17) is 4.98 Å². The zero-order valence-corrected chi connectivity index (χ0v) is 21.3. The molecule has 194 valence electrons. The lowest BCUT2D eigenvalue weighted by Crippen LogP contribution is -2.44. The number of nitrogens with zero attached hydrogens (tertiary/aromatic N) is 5. The zero-order chi connectivity index (χ0) is 25.7. The second-order valence-electron chi connectivity index (χ2n) is 10.1. The van der Waals surface area contributed by atoms with Crippen LogP contribution in [0.4, 0.5) is 10.2 Å². The summed E-state index contributed by atoms with van der Waals surface area (Å²) in [6.07, 6.45) is 3.09. The fraction of sp³-hybridized carbons (Fsp3) is 0.444. The van der Waals surface area contributed by atoms with Crippen molar-refractivity contribution >= 4 is 39.4 Å². The smallest absolute Gasteiger partial charge is 0.259 e. The monoisotopic (exact) mass is 505 g/mol. The third-order valence-corrected chi connectivity index (χ3v) is 7.94. The molecule has 2 aliphatic rings. The number of pyridine rings is 2. The van der Waals surface area contributed by atoms with Crippen LogP contribution in [0, 0.1) is 5.82 Å². The highest BCUT2D eigenvalue weighted by Gasteiger charge is 2.27. The van der Waals surface area contributed by atoms with Crippen molar-refractivity contribution in [3.63, 3.8) is 0 Å². The number of likely N-dealkylation sites (tertiary alicyclic amines) is 1. The van der Waals surface area contributed by atoms with Crippen LogP contribution in [0.1, 0.15) is 29.6 Å². The summed E-state index contributed by atoms with van der Waals surface area (Å²) < 4.78 is 19.0. The average molecular weight is 506 g/mol. The topological polar surface area (TPSA) is 86.9 Å². The highest BCUT2D eigenvalue weighted by Crippen LogP contribution is 2.28. The number of piperazine rings is 1. The minimum absolute atomic E-state index is 0.0158. The van der Waals surface area contributed by atoms with Crippen LogP contribution in [0.25, 0.3) is 27.7 Å². The van der Waals surface area contributed by atoms with Crippen molar-refractivity contribution < 1.29 is 9.18 Å². The Balaban J connectivity index is 1.52. The van der Waals surface area contributed by atoms with Gasteiger partial charge in [-0.1, -0.05) is 12.1 Å². The lowest BCUT2D eigenvalue weighted by atomic mass is 10.1. The maximum Gasteiger partial charge on any atom is 0.259 e. The van der Waals surface area contributed by atoms with E-state index in [0.717, 1.165) is 49.9 Å². The second-order valence-corrected chi connectivity index (χ2v) is 10.1. The van der Waals surface area contributed by atoms with Crippen LogP contribution in [0.15, 0.2) is 35.1 Å². The van der Waals surface area contributed by atoms with E-state index in [9.17, 15) is 9.59 Å². The number of imidazole rings is 1. The number of hydrogen-bond donors (Lipinski definition) is 2. The zero-order valence-electron chi connectivity index (χ0n) is 21.3. The molecule has 3 aromatic heterocycles. The predicted molar refractivity (Wildman–Crippen MR) is 143 cm³/mol. The summed E-state index contributed by atoms with van der Waals surface area (Å²) in [6.45, 7) is 4.25. The van der Waals surface area contributed by atoms with Crippen molar-refractivity contribution in [2.24, 2.45) is 7.05 Å². The molecule has 2 aliphatic heterocycles. The minimum atomic E-state index is -0.553. The van der Waals surface area contributed by atoms with E-state index in [1.54, 1.807) is 0 Å². The summed E-state index contributed by atoms with van der Waals surface area (Å²) >= 11 is 0. The molecular formula is C27H32FN7O2. The molecule has 5 heterocycles. The number of amides is 1. The van der Waals surface area contributed by atoms with Crippen molar-refractivity contribution in [1.29, 1.82) is 0 Å². The van der Waals surface area contributed by atoms with Gasteiger partial charge in [0.25, 0.3) is 5.91 Å². The van der Waals surface area contributed by atoms with Crippen LogP contribution in [-0.2, 0) is 7.05 Å². The molecule has 0 bridgehead atoms. The Kier molecular flexibility index (Phi) is 6.08. The van der Waals surface area contributed by atoms with E-state index in [2.05, 4.69) is 22.6 Å². The number of aromatic nitrogens is 3. The van der Waals surface area contributed by atoms with Crippen LogP contribution in [-0.4, -0.2) is 77.1 Å². The Hall–Kier alpha value is -3.50. The summed E-state index contributed by atoms with van der Waals surface area (Å²) in [7, 11) is 3.94. The van der Waals surface area contributed by atoms with Crippen molar-refractivity contribution in [1.82, 2.24) is 29.5 Å². The average Bonchev–Trinajstić information content (AvgIpc) is 3.45. The van der Waals surface area contributed by atoms with E-state index < -0.39 is 17.2 Å². The Labute approximate surface area is 213 Å². The van der Waals surface area contributed by atoms with Gasteiger partial charge >= 0.3 is 0 Å². The highest BCUT2D eigenvalue weighted by molar-refractivity contribution is 6.05. The first kappa shape index (κ1) is 23.9. The molecule has 0 radical (unpaired) electrons. The van der Waals surface area contributed by atoms with E-state index in [1.165, 1.54) is 6.07 Å². The van der Waals surface area contributed by atoms with Crippen molar-refractivity contribution in [3.8, 4) is 0 Å². The van der Waals surface area contributed by atoms with Gasteiger partial charge in [-0.05, 0) is 51.1 Å².